The zero-order chi connectivity index (χ0) is 19.5. The first kappa shape index (κ1) is 18.0. The number of aryl methyl sites for hydroxylation is 1. The molecule has 0 saturated heterocycles. The molecule has 28 heavy (non-hydrogen) atoms. The Bertz CT molecular complexity index is 1100. The number of carbonyl (C=O) groups is 1. The number of aromatic nitrogens is 2. The van der Waals surface area contributed by atoms with Crippen LogP contribution >= 0.6 is 0 Å². The van der Waals surface area contributed by atoms with E-state index in [-0.39, 0.29) is 12.3 Å². The summed E-state index contributed by atoms with van der Waals surface area (Å²) in [4.78, 5) is 20.0. The monoisotopic (exact) mass is 369 g/mol. The normalized spacial score (nSPS) is 10.9. The first-order valence-electron chi connectivity index (χ1n) is 9.55. The van der Waals surface area contributed by atoms with E-state index >= 15 is 0 Å². The number of imidazole rings is 1. The smallest absolute Gasteiger partial charge is 0.211 e. The van der Waals surface area contributed by atoms with Crippen LogP contribution in [0.2, 0.25) is 0 Å². The highest BCUT2D eigenvalue weighted by atomic mass is 16.1. The second-order valence-electron chi connectivity index (χ2n) is 6.86. The fraction of sp³-hybridized carbons (Fsp3) is 0.167. The zero-order valence-corrected chi connectivity index (χ0v) is 16.2. The molecule has 0 aliphatic heterocycles. The number of hydrogen-bond acceptors (Lipinski definition) is 3. The van der Waals surface area contributed by atoms with Crippen molar-refractivity contribution < 1.29 is 4.79 Å². The summed E-state index contributed by atoms with van der Waals surface area (Å²) in [6.45, 7) is 5.13. The zero-order valence-electron chi connectivity index (χ0n) is 16.2. The van der Waals surface area contributed by atoms with Crippen molar-refractivity contribution >= 4 is 28.5 Å². The molecule has 0 bridgehead atoms. The molecular weight excluding hydrogens is 346 g/mol. The maximum Gasteiger partial charge on any atom is 0.211 e. The summed E-state index contributed by atoms with van der Waals surface area (Å²) in [5, 5.41) is 0. The van der Waals surface area contributed by atoms with E-state index in [1.165, 1.54) is 0 Å². The van der Waals surface area contributed by atoms with Crippen LogP contribution < -0.4 is 4.90 Å². The molecule has 0 atom stereocenters. The van der Waals surface area contributed by atoms with Gasteiger partial charge in [0, 0.05) is 17.8 Å². The van der Waals surface area contributed by atoms with E-state index in [0.29, 0.717) is 0 Å². The molecule has 1 aromatic heterocycles. The van der Waals surface area contributed by atoms with Crippen molar-refractivity contribution in [3.05, 3.63) is 90.0 Å². The molecule has 4 rings (SSSR count). The molecule has 0 fully saturated rings. The van der Waals surface area contributed by atoms with Crippen LogP contribution in [0.1, 0.15) is 22.8 Å². The van der Waals surface area contributed by atoms with Gasteiger partial charge in [0.2, 0.25) is 5.95 Å². The molecule has 0 amide bonds. The van der Waals surface area contributed by atoms with Crippen LogP contribution in [0.5, 0.6) is 0 Å². The van der Waals surface area contributed by atoms with E-state index in [4.69, 9.17) is 4.98 Å². The first-order chi connectivity index (χ1) is 13.7. The maximum absolute atomic E-state index is 13.0. The lowest BCUT2D eigenvalue weighted by molar-refractivity contribution is 0.0974. The molecule has 0 aliphatic rings. The van der Waals surface area contributed by atoms with Crippen molar-refractivity contribution in [2.75, 3.05) is 11.4 Å². The van der Waals surface area contributed by atoms with Gasteiger partial charge in [-0.05, 0) is 38.1 Å². The molecule has 0 radical (unpaired) electrons. The molecule has 0 saturated carbocycles. The lowest BCUT2D eigenvalue weighted by Crippen LogP contribution is -2.22. The number of fused-ring (bicyclic) bond motifs is 1. The number of rotatable bonds is 6. The predicted octanol–water partition coefficient (Wildman–Crippen LogP) is 5.39. The number of Topliss-reactive ketones (excluding diaryl/α,β-unsaturated/α-hetero) is 1. The van der Waals surface area contributed by atoms with Gasteiger partial charge in [-0.15, -0.1) is 0 Å². The van der Waals surface area contributed by atoms with E-state index in [2.05, 4.69) is 24.0 Å². The van der Waals surface area contributed by atoms with E-state index in [1.807, 2.05) is 78.2 Å². The van der Waals surface area contributed by atoms with Crippen LogP contribution in [0.25, 0.3) is 11.0 Å². The van der Waals surface area contributed by atoms with Crippen LogP contribution in [0, 0.1) is 6.92 Å². The van der Waals surface area contributed by atoms with Crippen LogP contribution in [-0.4, -0.2) is 21.9 Å². The molecule has 0 spiro atoms. The Morgan fingerprint density at radius 3 is 2.32 bits per heavy atom. The van der Waals surface area contributed by atoms with Crippen molar-refractivity contribution in [2.24, 2.45) is 0 Å². The van der Waals surface area contributed by atoms with Crippen molar-refractivity contribution in [3.8, 4) is 0 Å². The summed E-state index contributed by atoms with van der Waals surface area (Å²) < 4.78 is 2.02. The first-order valence-corrected chi connectivity index (χ1v) is 9.55. The topological polar surface area (TPSA) is 38.1 Å². The molecule has 1 heterocycles. The van der Waals surface area contributed by atoms with Crippen LogP contribution in [0.4, 0.5) is 11.6 Å². The summed E-state index contributed by atoms with van der Waals surface area (Å²) in [6.07, 6.45) is 0. The standard InChI is InChI=1S/C24H23N3O/c1-3-26(20-9-5-4-6-10-20)24-25-21-11-7-8-12-22(21)27(24)17-23(28)19-15-13-18(2)14-16-19/h4-16H,3,17H2,1-2H3. The van der Waals surface area contributed by atoms with Crippen LogP contribution in [0.3, 0.4) is 0 Å². The molecule has 0 unspecified atom stereocenters. The van der Waals surface area contributed by atoms with Crippen LogP contribution in [-0.2, 0) is 6.54 Å². The predicted molar refractivity (Wildman–Crippen MR) is 114 cm³/mol. The fourth-order valence-corrected chi connectivity index (χ4v) is 3.45. The molecule has 4 heteroatoms. The summed E-state index contributed by atoms with van der Waals surface area (Å²) in [5.74, 6) is 0.865. The number of hydrogen-bond donors (Lipinski definition) is 0. The van der Waals surface area contributed by atoms with E-state index in [1.54, 1.807) is 0 Å². The van der Waals surface area contributed by atoms with Gasteiger partial charge in [0.25, 0.3) is 0 Å². The fourth-order valence-electron chi connectivity index (χ4n) is 3.45. The Morgan fingerprint density at radius 1 is 0.929 bits per heavy atom. The van der Waals surface area contributed by atoms with Gasteiger partial charge in [-0.25, -0.2) is 4.98 Å². The van der Waals surface area contributed by atoms with Gasteiger partial charge in [-0.1, -0.05) is 60.2 Å². The number of nitrogens with zero attached hydrogens (tertiary/aromatic N) is 3. The van der Waals surface area contributed by atoms with Crippen molar-refractivity contribution in [1.29, 1.82) is 0 Å². The Morgan fingerprint density at radius 2 is 1.61 bits per heavy atom. The number of anilines is 2. The summed E-state index contributed by atoms with van der Waals surface area (Å²) in [5.41, 5.74) is 4.78. The molecule has 4 aromatic rings. The Kier molecular flexibility index (Phi) is 4.94. The van der Waals surface area contributed by atoms with Gasteiger partial charge in [0.05, 0.1) is 17.6 Å². The SMILES string of the molecule is CCN(c1ccccc1)c1nc2ccccc2n1CC(=O)c1ccc(C)cc1. The minimum absolute atomic E-state index is 0.0773. The number of para-hydroxylation sites is 3. The minimum Gasteiger partial charge on any atom is -0.312 e. The molecule has 3 aromatic carbocycles. The molecule has 4 nitrogen and oxygen atoms in total. The van der Waals surface area contributed by atoms with E-state index in [9.17, 15) is 4.79 Å². The van der Waals surface area contributed by atoms with Crippen molar-refractivity contribution in [2.45, 2.75) is 20.4 Å². The van der Waals surface area contributed by atoms with Crippen molar-refractivity contribution in [3.63, 3.8) is 0 Å². The second-order valence-corrected chi connectivity index (χ2v) is 6.86. The molecule has 0 N–H and O–H groups in total. The third-order valence-corrected chi connectivity index (χ3v) is 4.94. The van der Waals surface area contributed by atoms with Crippen molar-refractivity contribution in [1.82, 2.24) is 9.55 Å². The highest BCUT2D eigenvalue weighted by Gasteiger charge is 2.19. The third-order valence-electron chi connectivity index (χ3n) is 4.94. The lowest BCUT2D eigenvalue weighted by atomic mass is 10.1. The van der Waals surface area contributed by atoms with Crippen LogP contribution in [0.15, 0.2) is 78.9 Å². The summed E-state index contributed by atoms with van der Waals surface area (Å²) in [7, 11) is 0. The van der Waals surface area contributed by atoms with E-state index in [0.717, 1.165) is 40.3 Å². The Labute approximate surface area is 165 Å². The van der Waals surface area contributed by atoms with Gasteiger partial charge >= 0.3 is 0 Å². The van der Waals surface area contributed by atoms with E-state index < -0.39 is 0 Å². The van der Waals surface area contributed by atoms with Gasteiger partial charge in [0.15, 0.2) is 5.78 Å². The van der Waals surface area contributed by atoms with Gasteiger partial charge in [-0.2, -0.15) is 0 Å². The number of benzene rings is 3. The molecule has 0 aliphatic carbocycles. The summed E-state index contributed by atoms with van der Waals surface area (Å²) >= 11 is 0. The second kappa shape index (κ2) is 7.69. The molecule has 140 valence electrons. The average Bonchev–Trinajstić information content (AvgIpc) is 3.08. The third kappa shape index (κ3) is 3.41. The number of carbonyl (C=O) groups excluding carboxylic acids is 1. The maximum atomic E-state index is 13.0. The lowest BCUT2D eigenvalue weighted by Gasteiger charge is -2.23. The highest BCUT2D eigenvalue weighted by Crippen LogP contribution is 2.28. The van der Waals surface area contributed by atoms with Gasteiger partial charge in [0.1, 0.15) is 0 Å². The van der Waals surface area contributed by atoms with Gasteiger partial charge < -0.3 is 9.47 Å². The largest absolute Gasteiger partial charge is 0.312 e. The number of ketones is 1. The minimum atomic E-state index is 0.0773. The Balaban J connectivity index is 1.79. The Hall–Kier alpha value is -3.40. The quantitative estimate of drug-likeness (QED) is 0.428. The average molecular weight is 369 g/mol. The molecular formula is C24H23N3O. The summed E-state index contributed by atoms with van der Waals surface area (Å²) in [6, 6.07) is 25.9. The highest BCUT2D eigenvalue weighted by molar-refractivity contribution is 5.97. The van der Waals surface area contributed by atoms with Gasteiger partial charge in [-0.3, -0.25) is 4.79 Å².